The average molecular weight is 172 g/mol. The van der Waals surface area contributed by atoms with Gasteiger partial charge in [0.15, 0.2) is 12.6 Å². The fourth-order valence-electron chi connectivity index (χ4n) is 1.85. The van der Waals surface area contributed by atoms with E-state index in [-0.39, 0.29) is 18.0 Å². The van der Waals surface area contributed by atoms with Crippen LogP contribution in [0.4, 0.5) is 0 Å². The Bertz CT molecular complexity index is 154. The van der Waals surface area contributed by atoms with Crippen molar-refractivity contribution in [2.75, 3.05) is 26.4 Å². The van der Waals surface area contributed by atoms with Gasteiger partial charge in [-0.1, -0.05) is 0 Å². The van der Waals surface area contributed by atoms with Crippen LogP contribution in [0.3, 0.4) is 0 Å². The minimum atomic E-state index is -0.108. The standard InChI is InChI=1S/C8H12O4/c1-6-9-2-8(3-10-6)4-11-7(1)12-5-8/h6-7H,1-5H2. The second-order valence-corrected chi connectivity index (χ2v) is 3.84. The van der Waals surface area contributed by atoms with E-state index >= 15 is 0 Å². The predicted molar refractivity (Wildman–Crippen MR) is 38.4 cm³/mol. The first-order chi connectivity index (χ1) is 5.86. The summed E-state index contributed by atoms with van der Waals surface area (Å²) in [6, 6.07) is 0. The monoisotopic (exact) mass is 172 g/mol. The summed E-state index contributed by atoms with van der Waals surface area (Å²) in [4.78, 5) is 0. The van der Waals surface area contributed by atoms with Crippen LogP contribution in [0, 0.1) is 5.41 Å². The lowest BCUT2D eigenvalue weighted by molar-refractivity contribution is -0.351. The Hall–Kier alpha value is -0.160. The summed E-state index contributed by atoms with van der Waals surface area (Å²) in [6.07, 6.45) is 0.489. The van der Waals surface area contributed by atoms with Gasteiger partial charge in [0, 0.05) is 6.42 Å². The summed E-state index contributed by atoms with van der Waals surface area (Å²) in [5.74, 6) is 0. The van der Waals surface area contributed by atoms with Gasteiger partial charge in [0.05, 0.1) is 31.8 Å². The first-order valence-electron chi connectivity index (χ1n) is 4.33. The molecule has 0 unspecified atom stereocenters. The van der Waals surface area contributed by atoms with E-state index in [1.165, 1.54) is 0 Å². The molecule has 6 rings (SSSR count). The third kappa shape index (κ3) is 0.992. The summed E-state index contributed by atoms with van der Waals surface area (Å²) in [7, 11) is 0. The highest BCUT2D eigenvalue weighted by molar-refractivity contribution is 4.86. The Kier molecular flexibility index (Phi) is 1.46. The zero-order valence-corrected chi connectivity index (χ0v) is 6.82. The number of rotatable bonds is 0. The molecular weight excluding hydrogens is 160 g/mol. The van der Waals surface area contributed by atoms with Crippen LogP contribution in [0.15, 0.2) is 0 Å². The lowest BCUT2D eigenvalue weighted by Gasteiger charge is -2.47. The molecule has 0 aromatic heterocycles. The minimum absolute atomic E-state index is 0.0204. The van der Waals surface area contributed by atoms with E-state index in [4.69, 9.17) is 18.9 Å². The number of hydrogen-bond donors (Lipinski definition) is 0. The Morgan fingerprint density at radius 1 is 0.750 bits per heavy atom. The molecule has 0 aromatic carbocycles. The molecule has 0 saturated carbocycles. The topological polar surface area (TPSA) is 36.9 Å². The van der Waals surface area contributed by atoms with Crippen molar-refractivity contribution in [3.8, 4) is 0 Å². The summed E-state index contributed by atoms with van der Waals surface area (Å²) in [5, 5.41) is 0. The van der Waals surface area contributed by atoms with Crippen molar-refractivity contribution in [3.63, 3.8) is 0 Å². The quantitative estimate of drug-likeness (QED) is 0.520. The molecule has 6 aliphatic rings. The van der Waals surface area contributed by atoms with Gasteiger partial charge in [-0.3, -0.25) is 0 Å². The Morgan fingerprint density at radius 3 is 1.58 bits per heavy atom. The van der Waals surface area contributed by atoms with Gasteiger partial charge in [-0.2, -0.15) is 0 Å². The van der Waals surface area contributed by atoms with E-state index in [0.29, 0.717) is 32.8 Å². The number of ether oxygens (including phenoxy) is 4. The largest absolute Gasteiger partial charge is 0.352 e. The molecule has 4 heteroatoms. The lowest BCUT2D eigenvalue weighted by atomic mass is 9.90. The molecule has 0 aromatic rings. The van der Waals surface area contributed by atoms with Gasteiger partial charge in [0.1, 0.15) is 0 Å². The highest BCUT2D eigenvalue weighted by Gasteiger charge is 2.45. The normalized spacial score (nSPS) is 52.0. The molecule has 6 aliphatic heterocycles. The molecule has 0 N–H and O–H groups in total. The van der Waals surface area contributed by atoms with E-state index in [1.807, 2.05) is 0 Å². The molecule has 0 radical (unpaired) electrons. The average Bonchev–Trinajstić information content (AvgIpc) is 2.02. The van der Waals surface area contributed by atoms with Crippen LogP contribution < -0.4 is 0 Å². The van der Waals surface area contributed by atoms with Crippen molar-refractivity contribution in [3.05, 3.63) is 0 Å². The molecular formula is C8H12O4. The smallest absolute Gasteiger partial charge is 0.162 e. The van der Waals surface area contributed by atoms with E-state index < -0.39 is 0 Å². The van der Waals surface area contributed by atoms with Gasteiger partial charge in [-0.15, -0.1) is 0 Å². The van der Waals surface area contributed by atoms with E-state index in [0.717, 1.165) is 0 Å². The molecule has 6 heterocycles. The highest BCUT2D eigenvalue weighted by Crippen LogP contribution is 2.35. The second kappa shape index (κ2) is 2.42. The first kappa shape index (κ1) is 7.26. The minimum Gasteiger partial charge on any atom is -0.352 e. The van der Waals surface area contributed by atoms with E-state index in [1.54, 1.807) is 0 Å². The molecule has 6 saturated heterocycles. The van der Waals surface area contributed by atoms with E-state index in [9.17, 15) is 0 Å². The van der Waals surface area contributed by atoms with Crippen molar-refractivity contribution < 1.29 is 18.9 Å². The molecule has 12 heavy (non-hydrogen) atoms. The molecule has 0 atom stereocenters. The van der Waals surface area contributed by atoms with Crippen LogP contribution in [0.1, 0.15) is 6.42 Å². The number of hydrogen-bond acceptors (Lipinski definition) is 4. The Morgan fingerprint density at radius 2 is 1.17 bits per heavy atom. The molecule has 68 valence electrons. The van der Waals surface area contributed by atoms with Gasteiger partial charge in [0.2, 0.25) is 0 Å². The third-order valence-corrected chi connectivity index (χ3v) is 2.69. The molecule has 4 nitrogen and oxygen atoms in total. The summed E-state index contributed by atoms with van der Waals surface area (Å²) in [5.41, 5.74) is -0.0204. The first-order valence-corrected chi connectivity index (χ1v) is 4.33. The van der Waals surface area contributed by atoms with Crippen LogP contribution in [-0.2, 0) is 18.9 Å². The maximum atomic E-state index is 5.52. The summed E-state index contributed by atoms with van der Waals surface area (Å²) < 4.78 is 22.1. The van der Waals surface area contributed by atoms with Crippen molar-refractivity contribution in [1.82, 2.24) is 0 Å². The third-order valence-electron chi connectivity index (χ3n) is 2.69. The van der Waals surface area contributed by atoms with Crippen LogP contribution in [-0.4, -0.2) is 39.0 Å². The van der Waals surface area contributed by atoms with Crippen LogP contribution in [0.5, 0.6) is 0 Å². The highest BCUT2D eigenvalue weighted by atomic mass is 16.7. The summed E-state index contributed by atoms with van der Waals surface area (Å²) >= 11 is 0. The maximum Gasteiger partial charge on any atom is 0.162 e. The van der Waals surface area contributed by atoms with E-state index in [2.05, 4.69) is 0 Å². The van der Waals surface area contributed by atoms with Gasteiger partial charge < -0.3 is 18.9 Å². The summed E-state index contributed by atoms with van der Waals surface area (Å²) in [6.45, 7) is 2.85. The molecule has 6 fully saturated rings. The van der Waals surface area contributed by atoms with Gasteiger partial charge in [-0.25, -0.2) is 0 Å². The van der Waals surface area contributed by atoms with Crippen LogP contribution in [0.2, 0.25) is 0 Å². The fourth-order valence-corrected chi connectivity index (χ4v) is 1.85. The van der Waals surface area contributed by atoms with Gasteiger partial charge >= 0.3 is 0 Å². The van der Waals surface area contributed by atoms with Crippen molar-refractivity contribution in [2.45, 2.75) is 19.0 Å². The van der Waals surface area contributed by atoms with Crippen molar-refractivity contribution in [1.29, 1.82) is 0 Å². The molecule has 0 aliphatic carbocycles. The van der Waals surface area contributed by atoms with Crippen molar-refractivity contribution >= 4 is 0 Å². The molecule has 3 bridgehead atoms. The van der Waals surface area contributed by atoms with Gasteiger partial charge in [-0.05, 0) is 0 Å². The fraction of sp³-hybridized carbons (Fsp3) is 1.00. The Balaban J connectivity index is 1.89. The van der Waals surface area contributed by atoms with Crippen LogP contribution >= 0.6 is 0 Å². The Labute approximate surface area is 70.7 Å². The SMILES string of the molecule is C1C2OCC3(CO2)COC1OC3. The molecule has 0 amide bonds. The maximum absolute atomic E-state index is 5.52. The zero-order valence-electron chi connectivity index (χ0n) is 6.82. The second-order valence-electron chi connectivity index (χ2n) is 3.84. The zero-order chi connectivity index (χ0) is 8.02. The van der Waals surface area contributed by atoms with Crippen LogP contribution in [0.25, 0.3) is 0 Å². The molecule has 1 spiro atoms. The van der Waals surface area contributed by atoms with Crippen molar-refractivity contribution in [2.24, 2.45) is 5.41 Å². The lowest BCUT2D eigenvalue weighted by Crippen LogP contribution is -2.56. The van der Waals surface area contributed by atoms with Gasteiger partial charge in [0.25, 0.3) is 0 Å². The predicted octanol–water partition coefficient (Wildman–Crippen LogP) is 0.122.